The number of nitrogens with one attached hydrogen (secondary N) is 1. The van der Waals surface area contributed by atoms with Crippen molar-refractivity contribution < 1.29 is 19.1 Å². The van der Waals surface area contributed by atoms with Crippen LogP contribution in [0.15, 0.2) is 18.2 Å². The molecule has 5 nitrogen and oxygen atoms in total. The molecule has 24 heavy (non-hydrogen) atoms. The van der Waals surface area contributed by atoms with E-state index in [1.54, 1.807) is 17.9 Å². The number of amides is 2. The number of halogens is 1. The van der Waals surface area contributed by atoms with Crippen LogP contribution >= 0.6 is 0 Å². The number of carbonyl (C=O) groups excluding carboxylic acids is 2. The summed E-state index contributed by atoms with van der Waals surface area (Å²) in [4.78, 5) is 25.7. The predicted molar refractivity (Wildman–Crippen MR) is 86.9 cm³/mol. The minimum Gasteiger partial charge on any atom is -0.391 e. The Bertz CT molecular complexity index is 664. The largest absolute Gasteiger partial charge is 0.391 e. The molecule has 3 rings (SSSR count). The van der Waals surface area contributed by atoms with Gasteiger partial charge in [-0.05, 0) is 55.4 Å². The van der Waals surface area contributed by atoms with Crippen LogP contribution in [0.2, 0.25) is 0 Å². The van der Waals surface area contributed by atoms with Gasteiger partial charge >= 0.3 is 0 Å². The molecule has 1 aliphatic heterocycles. The zero-order valence-corrected chi connectivity index (χ0v) is 14.0. The van der Waals surface area contributed by atoms with E-state index in [-0.39, 0.29) is 35.5 Å². The molecule has 0 bridgehead atoms. The number of rotatable bonds is 2. The lowest BCUT2D eigenvalue weighted by atomic mass is 9.77. The summed E-state index contributed by atoms with van der Waals surface area (Å²) in [5.74, 6) is -0.0440. The molecule has 130 valence electrons. The highest BCUT2D eigenvalue weighted by Crippen LogP contribution is 2.37. The van der Waals surface area contributed by atoms with Crippen molar-refractivity contribution in [2.24, 2.45) is 11.8 Å². The molecule has 2 fully saturated rings. The van der Waals surface area contributed by atoms with Crippen LogP contribution < -0.4 is 5.32 Å². The first-order valence-electron chi connectivity index (χ1n) is 8.35. The second kappa shape index (κ2) is 6.51. The smallest absolute Gasteiger partial charge is 0.253 e. The summed E-state index contributed by atoms with van der Waals surface area (Å²) >= 11 is 0. The Morgan fingerprint density at radius 2 is 1.92 bits per heavy atom. The first-order chi connectivity index (χ1) is 11.3. The van der Waals surface area contributed by atoms with Crippen LogP contribution in [0.5, 0.6) is 0 Å². The van der Waals surface area contributed by atoms with E-state index in [1.807, 2.05) is 0 Å². The van der Waals surface area contributed by atoms with Crippen molar-refractivity contribution in [3.8, 4) is 0 Å². The van der Waals surface area contributed by atoms with Gasteiger partial charge in [-0.15, -0.1) is 0 Å². The highest BCUT2D eigenvalue weighted by Gasteiger charge is 2.43. The third-order valence-corrected chi connectivity index (χ3v) is 5.22. The quantitative estimate of drug-likeness (QED) is 0.861. The molecule has 1 saturated carbocycles. The summed E-state index contributed by atoms with van der Waals surface area (Å²) in [6, 6.07) is 4.17. The van der Waals surface area contributed by atoms with Gasteiger partial charge in [0.25, 0.3) is 5.91 Å². The fourth-order valence-corrected chi connectivity index (χ4v) is 3.97. The summed E-state index contributed by atoms with van der Waals surface area (Å²) in [5.41, 5.74) is 0.949. The lowest BCUT2D eigenvalue weighted by Crippen LogP contribution is -2.48. The Balaban J connectivity index is 1.69. The van der Waals surface area contributed by atoms with Crippen molar-refractivity contribution >= 4 is 11.8 Å². The van der Waals surface area contributed by atoms with Crippen molar-refractivity contribution in [2.45, 2.75) is 38.8 Å². The number of carbonyl (C=O) groups is 2. The molecule has 2 amide bonds. The summed E-state index contributed by atoms with van der Waals surface area (Å²) in [7, 11) is 0. The first-order valence-corrected chi connectivity index (χ1v) is 8.35. The topological polar surface area (TPSA) is 69.6 Å². The van der Waals surface area contributed by atoms with Crippen molar-refractivity contribution in [2.75, 3.05) is 13.1 Å². The van der Waals surface area contributed by atoms with E-state index in [0.29, 0.717) is 37.1 Å². The molecule has 0 radical (unpaired) electrons. The first kappa shape index (κ1) is 16.9. The van der Waals surface area contributed by atoms with Gasteiger partial charge in [0, 0.05) is 25.6 Å². The Morgan fingerprint density at radius 1 is 1.25 bits per heavy atom. The fourth-order valence-electron chi connectivity index (χ4n) is 3.97. The van der Waals surface area contributed by atoms with Gasteiger partial charge in [0.2, 0.25) is 5.91 Å². The maximum Gasteiger partial charge on any atom is 0.253 e. The molecular formula is C18H23FN2O3. The van der Waals surface area contributed by atoms with Crippen LogP contribution in [0.25, 0.3) is 0 Å². The number of nitrogens with zero attached hydrogens (tertiary/aromatic N) is 1. The summed E-state index contributed by atoms with van der Waals surface area (Å²) in [6.45, 7) is 4.30. The van der Waals surface area contributed by atoms with Crippen LogP contribution in [0, 0.1) is 24.6 Å². The van der Waals surface area contributed by atoms with E-state index in [9.17, 15) is 19.1 Å². The van der Waals surface area contributed by atoms with E-state index in [4.69, 9.17) is 0 Å². The minimum absolute atomic E-state index is 0.0990. The molecular weight excluding hydrogens is 311 g/mol. The van der Waals surface area contributed by atoms with Crippen LogP contribution in [-0.4, -0.2) is 47.1 Å². The molecule has 6 heteroatoms. The Hall–Kier alpha value is -1.95. The molecule has 0 unspecified atom stereocenters. The van der Waals surface area contributed by atoms with Crippen LogP contribution in [0.1, 0.15) is 35.7 Å². The number of fused-ring (bicyclic) bond motifs is 1. The number of likely N-dealkylation sites (tertiary alicyclic amines) is 1. The lowest BCUT2D eigenvalue weighted by Gasteiger charge is -2.35. The van der Waals surface area contributed by atoms with Gasteiger partial charge in [-0.25, -0.2) is 4.39 Å². The number of aliphatic hydroxyl groups excluding tert-OH is 1. The molecule has 1 saturated heterocycles. The Labute approximate surface area is 140 Å². The summed E-state index contributed by atoms with van der Waals surface area (Å²) in [5, 5.41) is 13.0. The molecule has 4 atom stereocenters. The van der Waals surface area contributed by atoms with Crippen LogP contribution in [0.3, 0.4) is 0 Å². The van der Waals surface area contributed by atoms with Crippen molar-refractivity contribution in [3.63, 3.8) is 0 Å². The van der Waals surface area contributed by atoms with Gasteiger partial charge in [-0.3, -0.25) is 9.59 Å². The summed E-state index contributed by atoms with van der Waals surface area (Å²) in [6.07, 6.45) is 0.692. The maximum absolute atomic E-state index is 13.4. The fraction of sp³-hybridized carbons (Fsp3) is 0.556. The van der Waals surface area contributed by atoms with Crippen molar-refractivity contribution in [1.82, 2.24) is 10.2 Å². The molecule has 0 spiro atoms. The van der Waals surface area contributed by atoms with E-state index in [0.717, 1.165) is 0 Å². The van der Waals surface area contributed by atoms with Gasteiger partial charge in [0.05, 0.1) is 12.1 Å². The number of benzene rings is 1. The molecule has 1 aliphatic carbocycles. The van der Waals surface area contributed by atoms with Crippen LogP contribution in [0.4, 0.5) is 4.39 Å². The van der Waals surface area contributed by atoms with E-state index >= 15 is 0 Å². The highest BCUT2D eigenvalue weighted by molar-refractivity contribution is 5.94. The zero-order valence-electron chi connectivity index (χ0n) is 14.0. The summed E-state index contributed by atoms with van der Waals surface area (Å²) < 4.78 is 13.4. The SMILES string of the molecule is CC(=O)N[C@@H]1C[C@@H]2CN(C(=O)c3ccc(F)c(C)c3)C[C@@H]2C[C@H]1O. The third-order valence-electron chi connectivity index (χ3n) is 5.22. The molecule has 1 aromatic carbocycles. The number of aryl methyl sites for hydroxylation is 1. The zero-order chi connectivity index (χ0) is 17.4. The van der Waals surface area contributed by atoms with Crippen molar-refractivity contribution in [1.29, 1.82) is 0 Å². The highest BCUT2D eigenvalue weighted by atomic mass is 19.1. The maximum atomic E-state index is 13.4. The number of hydrogen-bond donors (Lipinski definition) is 2. The monoisotopic (exact) mass is 334 g/mol. The molecule has 0 aromatic heterocycles. The standard InChI is InChI=1S/C18H23FN2O3/c1-10-5-12(3-4-15(10)19)18(24)21-8-13-6-16(20-11(2)22)17(23)7-14(13)9-21/h3-5,13-14,16-17,23H,6-9H2,1-2H3,(H,20,22)/t13-,14+,16-,17-/m1/s1. The second-order valence-electron chi connectivity index (χ2n) is 7.04. The Morgan fingerprint density at radius 3 is 2.54 bits per heavy atom. The van der Waals surface area contributed by atoms with E-state index < -0.39 is 6.10 Å². The minimum atomic E-state index is -0.571. The number of aliphatic hydroxyl groups is 1. The van der Waals surface area contributed by atoms with E-state index in [1.165, 1.54) is 19.1 Å². The van der Waals surface area contributed by atoms with Gasteiger partial charge in [0.15, 0.2) is 0 Å². The molecule has 1 aromatic rings. The van der Waals surface area contributed by atoms with Gasteiger partial charge in [0.1, 0.15) is 5.82 Å². The molecule has 1 heterocycles. The average molecular weight is 334 g/mol. The van der Waals surface area contributed by atoms with Gasteiger partial charge in [-0.1, -0.05) is 0 Å². The lowest BCUT2D eigenvalue weighted by molar-refractivity contribution is -0.121. The average Bonchev–Trinajstić information content (AvgIpc) is 2.92. The molecule has 2 aliphatic rings. The third kappa shape index (κ3) is 3.29. The van der Waals surface area contributed by atoms with Crippen LogP contribution in [-0.2, 0) is 4.79 Å². The van der Waals surface area contributed by atoms with Gasteiger partial charge < -0.3 is 15.3 Å². The predicted octanol–water partition coefficient (Wildman–Crippen LogP) is 1.48. The normalized spacial score (nSPS) is 29.2. The molecule has 2 N–H and O–H groups in total. The van der Waals surface area contributed by atoms with Crippen molar-refractivity contribution in [3.05, 3.63) is 35.1 Å². The second-order valence-corrected chi connectivity index (χ2v) is 7.04. The van der Waals surface area contributed by atoms with Gasteiger partial charge in [-0.2, -0.15) is 0 Å². The Kier molecular flexibility index (Phi) is 4.58. The number of hydrogen-bond acceptors (Lipinski definition) is 3. The van der Waals surface area contributed by atoms with E-state index in [2.05, 4.69) is 5.32 Å².